The van der Waals surface area contributed by atoms with Crippen LogP contribution < -0.4 is 29.9 Å². The highest BCUT2D eigenvalue weighted by atomic mass is 16.5. The third kappa shape index (κ3) is 4.26. The molecule has 0 bridgehead atoms. The van der Waals surface area contributed by atoms with Gasteiger partial charge in [-0.05, 0) is 17.7 Å². The molecular formula is C21H21NO7. The molecule has 1 heterocycles. The van der Waals surface area contributed by atoms with E-state index in [-0.39, 0.29) is 12.3 Å². The lowest BCUT2D eigenvalue weighted by Crippen LogP contribution is -2.16. The zero-order valence-electron chi connectivity index (χ0n) is 16.5. The van der Waals surface area contributed by atoms with E-state index in [1.807, 2.05) is 0 Å². The fraction of sp³-hybridized carbons (Fsp3) is 0.238. The Morgan fingerprint density at radius 1 is 0.931 bits per heavy atom. The number of carbonyl (C=O) groups excluding carboxylic acids is 1. The molecule has 29 heavy (non-hydrogen) atoms. The molecule has 1 aromatic heterocycles. The van der Waals surface area contributed by atoms with Crippen molar-refractivity contribution in [3.8, 4) is 23.0 Å². The minimum absolute atomic E-state index is 0.0227. The summed E-state index contributed by atoms with van der Waals surface area (Å²) in [5, 5.41) is 3.44. The molecule has 152 valence electrons. The molecule has 0 fully saturated rings. The summed E-state index contributed by atoms with van der Waals surface area (Å²) >= 11 is 0. The Kier molecular flexibility index (Phi) is 5.92. The van der Waals surface area contributed by atoms with E-state index in [4.69, 9.17) is 23.4 Å². The summed E-state index contributed by atoms with van der Waals surface area (Å²) in [6, 6.07) is 9.66. The van der Waals surface area contributed by atoms with Crippen LogP contribution in [-0.2, 0) is 11.2 Å². The summed E-state index contributed by atoms with van der Waals surface area (Å²) < 4.78 is 26.2. The topological polar surface area (TPSA) is 96.2 Å². The smallest absolute Gasteiger partial charge is 0.336 e. The summed E-state index contributed by atoms with van der Waals surface area (Å²) in [4.78, 5) is 24.5. The molecule has 0 radical (unpaired) electrons. The number of carbonyl (C=O) groups is 1. The molecule has 0 aliphatic carbocycles. The summed E-state index contributed by atoms with van der Waals surface area (Å²) in [6.07, 6.45) is -0.0227. The molecule has 0 aliphatic rings. The van der Waals surface area contributed by atoms with E-state index in [9.17, 15) is 9.59 Å². The van der Waals surface area contributed by atoms with Crippen LogP contribution in [0.3, 0.4) is 0 Å². The van der Waals surface area contributed by atoms with Gasteiger partial charge in [0.15, 0.2) is 11.5 Å². The minimum atomic E-state index is -0.540. The van der Waals surface area contributed by atoms with Crippen molar-refractivity contribution in [1.29, 1.82) is 0 Å². The van der Waals surface area contributed by atoms with Gasteiger partial charge in [0.2, 0.25) is 11.7 Å². The lowest BCUT2D eigenvalue weighted by molar-refractivity contribution is -0.115. The number of nitrogens with one attached hydrogen (secondary N) is 1. The zero-order valence-corrected chi connectivity index (χ0v) is 16.5. The van der Waals surface area contributed by atoms with Gasteiger partial charge in [-0.2, -0.15) is 0 Å². The molecule has 0 saturated heterocycles. The first-order chi connectivity index (χ1) is 14.0. The van der Waals surface area contributed by atoms with Gasteiger partial charge in [0.05, 0.1) is 34.9 Å². The Morgan fingerprint density at radius 2 is 1.62 bits per heavy atom. The molecule has 1 amide bonds. The monoisotopic (exact) mass is 399 g/mol. The number of benzene rings is 2. The number of methoxy groups -OCH3 is 4. The van der Waals surface area contributed by atoms with Gasteiger partial charge in [0.25, 0.3) is 0 Å². The average molecular weight is 399 g/mol. The lowest BCUT2D eigenvalue weighted by Gasteiger charge is -2.14. The normalized spacial score (nSPS) is 10.5. The van der Waals surface area contributed by atoms with Gasteiger partial charge in [-0.3, -0.25) is 4.79 Å². The van der Waals surface area contributed by atoms with E-state index in [1.165, 1.54) is 34.5 Å². The Morgan fingerprint density at radius 3 is 2.21 bits per heavy atom. The van der Waals surface area contributed by atoms with Gasteiger partial charge in [0, 0.05) is 35.3 Å². The van der Waals surface area contributed by atoms with Crippen molar-refractivity contribution in [2.45, 2.75) is 6.42 Å². The predicted molar refractivity (Wildman–Crippen MR) is 107 cm³/mol. The molecule has 0 atom stereocenters. The maximum atomic E-state index is 12.6. The molecule has 3 rings (SSSR count). The van der Waals surface area contributed by atoms with Crippen molar-refractivity contribution < 1.29 is 28.2 Å². The molecule has 0 saturated carbocycles. The fourth-order valence-corrected chi connectivity index (χ4v) is 3.01. The Bertz CT molecular complexity index is 1080. The number of amides is 1. The summed E-state index contributed by atoms with van der Waals surface area (Å²) in [5.41, 5.74) is 0.830. The van der Waals surface area contributed by atoms with E-state index in [0.29, 0.717) is 45.2 Å². The van der Waals surface area contributed by atoms with Gasteiger partial charge in [0.1, 0.15) is 11.3 Å². The van der Waals surface area contributed by atoms with E-state index in [2.05, 4.69) is 5.32 Å². The Hall–Kier alpha value is -3.68. The first kappa shape index (κ1) is 20.1. The SMILES string of the molecule is COc1ccc2c(CC(=O)Nc3cc(OC)c(OC)c(OC)c3)cc(=O)oc2c1. The molecule has 8 heteroatoms. The van der Waals surface area contributed by atoms with Gasteiger partial charge in [-0.1, -0.05) is 0 Å². The van der Waals surface area contributed by atoms with Crippen LogP contribution in [0, 0.1) is 0 Å². The number of fused-ring (bicyclic) bond motifs is 1. The Labute approximate surface area is 166 Å². The second-order valence-electron chi connectivity index (χ2n) is 6.09. The summed E-state index contributed by atoms with van der Waals surface area (Å²) in [5.74, 6) is 1.50. The van der Waals surface area contributed by atoms with Gasteiger partial charge in [-0.25, -0.2) is 4.79 Å². The fourth-order valence-electron chi connectivity index (χ4n) is 3.01. The van der Waals surface area contributed by atoms with Crippen LogP contribution in [0.25, 0.3) is 11.0 Å². The van der Waals surface area contributed by atoms with Crippen molar-refractivity contribution in [2.75, 3.05) is 33.8 Å². The molecule has 8 nitrogen and oxygen atoms in total. The van der Waals surface area contributed by atoms with Crippen LogP contribution in [0.1, 0.15) is 5.56 Å². The second kappa shape index (κ2) is 8.55. The highest BCUT2D eigenvalue weighted by Gasteiger charge is 2.16. The maximum Gasteiger partial charge on any atom is 0.336 e. The van der Waals surface area contributed by atoms with Crippen molar-refractivity contribution in [2.24, 2.45) is 0 Å². The third-order valence-electron chi connectivity index (χ3n) is 4.34. The number of ether oxygens (including phenoxy) is 4. The van der Waals surface area contributed by atoms with Crippen LogP contribution in [0.5, 0.6) is 23.0 Å². The highest BCUT2D eigenvalue weighted by molar-refractivity contribution is 5.95. The number of hydrogen-bond donors (Lipinski definition) is 1. The van der Waals surface area contributed by atoms with Crippen molar-refractivity contribution in [3.05, 3.63) is 52.4 Å². The Balaban J connectivity index is 1.89. The molecule has 0 unspecified atom stereocenters. The van der Waals surface area contributed by atoms with Crippen LogP contribution in [-0.4, -0.2) is 34.3 Å². The van der Waals surface area contributed by atoms with E-state index in [1.54, 1.807) is 30.3 Å². The summed E-state index contributed by atoms with van der Waals surface area (Å²) in [6.45, 7) is 0. The molecule has 3 aromatic rings. The largest absolute Gasteiger partial charge is 0.497 e. The highest BCUT2D eigenvalue weighted by Crippen LogP contribution is 2.40. The van der Waals surface area contributed by atoms with E-state index in [0.717, 1.165) is 0 Å². The van der Waals surface area contributed by atoms with E-state index < -0.39 is 5.63 Å². The lowest BCUT2D eigenvalue weighted by atomic mass is 10.1. The molecular weight excluding hydrogens is 378 g/mol. The van der Waals surface area contributed by atoms with Crippen LogP contribution >= 0.6 is 0 Å². The third-order valence-corrected chi connectivity index (χ3v) is 4.34. The number of rotatable bonds is 7. The van der Waals surface area contributed by atoms with Crippen molar-refractivity contribution >= 4 is 22.6 Å². The van der Waals surface area contributed by atoms with Crippen LogP contribution in [0.4, 0.5) is 5.69 Å². The average Bonchev–Trinajstić information content (AvgIpc) is 2.72. The molecule has 1 N–H and O–H groups in total. The van der Waals surface area contributed by atoms with Crippen molar-refractivity contribution in [1.82, 2.24) is 0 Å². The summed E-state index contributed by atoms with van der Waals surface area (Å²) in [7, 11) is 6.01. The van der Waals surface area contributed by atoms with Crippen LogP contribution in [0.2, 0.25) is 0 Å². The number of anilines is 1. The second-order valence-corrected chi connectivity index (χ2v) is 6.09. The number of hydrogen-bond acceptors (Lipinski definition) is 7. The molecule has 2 aromatic carbocycles. The maximum absolute atomic E-state index is 12.6. The van der Waals surface area contributed by atoms with Crippen molar-refractivity contribution in [3.63, 3.8) is 0 Å². The predicted octanol–water partition coefficient (Wildman–Crippen LogP) is 3.01. The quantitative estimate of drug-likeness (QED) is 0.610. The first-order valence-corrected chi connectivity index (χ1v) is 8.69. The van der Waals surface area contributed by atoms with E-state index >= 15 is 0 Å². The zero-order chi connectivity index (χ0) is 21.0. The van der Waals surface area contributed by atoms with Crippen LogP contribution in [0.15, 0.2) is 45.6 Å². The molecule has 0 spiro atoms. The van der Waals surface area contributed by atoms with Gasteiger partial charge in [-0.15, -0.1) is 0 Å². The van der Waals surface area contributed by atoms with Gasteiger partial charge >= 0.3 is 5.63 Å². The minimum Gasteiger partial charge on any atom is -0.497 e. The molecule has 0 aliphatic heterocycles. The first-order valence-electron chi connectivity index (χ1n) is 8.69. The van der Waals surface area contributed by atoms with Gasteiger partial charge < -0.3 is 28.7 Å². The standard InChI is InChI=1S/C21H21NO7/c1-25-14-5-6-15-12(8-20(24)29-16(15)11-14)7-19(23)22-13-9-17(26-2)21(28-4)18(10-13)27-3/h5-6,8-11H,7H2,1-4H3,(H,22,23).